The van der Waals surface area contributed by atoms with Crippen LogP contribution < -0.4 is 5.32 Å². The van der Waals surface area contributed by atoms with Crippen LogP contribution in [-0.2, 0) is 9.59 Å². The van der Waals surface area contributed by atoms with Crippen molar-refractivity contribution in [2.75, 3.05) is 20.7 Å². The molecule has 138 valence electrons. The second-order valence-corrected chi connectivity index (χ2v) is 4.86. The lowest BCUT2D eigenvalue weighted by atomic mass is 10.1. The minimum absolute atomic E-state index is 0.130. The van der Waals surface area contributed by atoms with Gasteiger partial charge in [0.25, 0.3) is 5.91 Å². The SMILES string of the molecule is CC.Cc1ccc(N=C(NC=O)/C(C(=O)N(C)C)=C(\O)CO)c(F)c1. The van der Waals surface area contributed by atoms with E-state index in [1.54, 1.807) is 13.0 Å². The van der Waals surface area contributed by atoms with E-state index < -0.39 is 29.7 Å². The first-order chi connectivity index (χ1) is 11.8. The fourth-order valence-electron chi connectivity index (χ4n) is 1.70. The molecule has 0 aromatic heterocycles. The van der Waals surface area contributed by atoms with Gasteiger partial charge < -0.3 is 20.4 Å². The summed E-state index contributed by atoms with van der Waals surface area (Å²) >= 11 is 0. The topological polar surface area (TPSA) is 102 Å². The summed E-state index contributed by atoms with van der Waals surface area (Å²) in [6, 6.07) is 4.20. The molecule has 1 rings (SSSR count). The van der Waals surface area contributed by atoms with Gasteiger partial charge in [-0.05, 0) is 24.6 Å². The molecule has 0 heterocycles. The van der Waals surface area contributed by atoms with Gasteiger partial charge in [-0.3, -0.25) is 9.59 Å². The van der Waals surface area contributed by atoms with Crippen LogP contribution in [0.1, 0.15) is 19.4 Å². The molecule has 0 saturated heterocycles. The molecule has 0 saturated carbocycles. The fourth-order valence-corrected chi connectivity index (χ4v) is 1.70. The van der Waals surface area contributed by atoms with Gasteiger partial charge in [-0.2, -0.15) is 0 Å². The Morgan fingerprint density at radius 1 is 1.36 bits per heavy atom. The highest BCUT2D eigenvalue weighted by molar-refractivity contribution is 6.23. The van der Waals surface area contributed by atoms with Gasteiger partial charge in [0.2, 0.25) is 6.41 Å². The van der Waals surface area contributed by atoms with Gasteiger partial charge in [0.15, 0.2) is 0 Å². The Balaban J connectivity index is 0.00000277. The number of amides is 2. The van der Waals surface area contributed by atoms with Crippen LogP contribution in [0.4, 0.5) is 10.1 Å². The summed E-state index contributed by atoms with van der Waals surface area (Å²) in [4.78, 5) is 27.9. The first kappa shape index (κ1) is 22.3. The molecule has 1 aromatic carbocycles. The zero-order valence-corrected chi connectivity index (χ0v) is 15.0. The maximum atomic E-state index is 13.9. The van der Waals surface area contributed by atoms with Crippen LogP contribution in [0.25, 0.3) is 0 Å². The van der Waals surface area contributed by atoms with Gasteiger partial charge in [-0.25, -0.2) is 9.38 Å². The number of aliphatic hydroxyl groups excluding tert-OH is 2. The van der Waals surface area contributed by atoms with Crippen molar-refractivity contribution in [2.24, 2.45) is 4.99 Å². The molecule has 3 N–H and O–H groups in total. The molecular weight excluding hydrogens is 329 g/mol. The van der Waals surface area contributed by atoms with Crippen LogP contribution in [-0.4, -0.2) is 54.0 Å². The number of aryl methyl sites for hydroxylation is 1. The number of halogens is 1. The average Bonchev–Trinajstić information content (AvgIpc) is 2.58. The zero-order valence-electron chi connectivity index (χ0n) is 15.0. The van der Waals surface area contributed by atoms with Gasteiger partial charge in [-0.1, -0.05) is 19.9 Å². The minimum atomic E-state index is -0.842. The van der Waals surface area contributed by atoms with Gasteiger partial charge in [0.1, 0.15) is 35.3 Å². The number of hydrogen-bond acceptors (Lipinski definition) is 5. The Morgan fingerprint density at radius 2 is 1.96 bits per heavy atom. The van der Waals surface area contributed by atoms with E-state index in [1.165, 1.54) is 26.2 Å². The van der Waals surface area contributed by atoms with Gasteiger partial charge in [0.05, 0.1) is 0 Å². The molecule has 0 unspecified atom stereocenters. The number of likely N-dealkylation sites (N-methyl/N-ethyl adjacent to an activating group) is 1. The van der Waals surface area contributed by atoms with Crippen molar-refractivity contribution in [1.82, 2.24) is 10.2 Å². The van der Waals surface area contributed by atoms with Crippen LogP contribution in [0.15, 0.2) is 34.5 Å². The monoisotopic (exact) mass is 353 g/mol. The number of nitrogens with zero attached hydrogens (tertiary/aromatic N) is 2. The largest absolute Gasteiger partial charge is 0.509 e. The fraction of sp³-hybridized carbons (Fsp3) is 0.353. The van der Waals surface area contributed by atoms with E-state index in [2.05, 4.69) is 10.3 Å². The van der Waals surface area contributed by atoms with Crippen molar-refractivity contribution in [3.63, 3.8) is 0 Å². The normalized spacial score (nSPS) is 11.7. The number of hydrogen-bond donors (Lipinski definition) is 3. The lowest BCUT2D eigenvalue weighted by Crippen LogP contribution is -2.35. The number of carbonyl (C=O) groups excluding carboxylic acids is 2. The summed E-state index contributed by atoms with van der Waals surface area (Å²) in [5.41, 5.74) is 0.115. The first-order valence-electron chi connectivity index (χ1n) is 7.61. The quantitative estimate of drug-likeness (QED) is 0.247. The average molecular weight is 353 g/mol. The third kappa shape index (κ3) is 6.34. The Bertz CT molecular complexity index is 670. The van der Waals surface area contributed by atoms with Gasteiger partial charge >= 0.3 is 0 Å². The molecule has 0 fully saturated rings. The van der Waals surface area contributed by atoms with Crippen LogP contribution in [0.3, 0.4) is 0 Å². The number of benzene rings is 1. The third-order valence-electron chi connectivity index (χ3n) is 2.83. The number of amidine groups is 1. The molecule has 1 aromatic rings. The molecule has 0 spiro atoms. The molecule has 0 aliphatic heterocycles. The smallest absolute Gasteiger partial charge is 0.260 e. The summed E-state index contributed by atoms with van der Waals surface area (Å²) in [5.74, 6) is -2.43. The predicted octanol–water partition coefficient (Wildman–Crippen LogP) is 1.83. The third-order valence-corrected chi connectivity index (χ3v) is 2.83. The summed E-state index contributed by atoms with van der Waals surface area (Å²) < 4.78 is 13.9. The van der Waals surface area contributed by atoms with E-state index in [0.29, 0.717) is 5.56 Å². The zero-order chi connectivity index (χ0) is 19.6. The summed E-state index contributed by atoms with van der Waals surface area (Å²) in [5, 5.41) is 21.0. The number of aliphatic hydroxyl groups is 2. The van der Waals surface area contributed by atoms with E-state index in [-0.39, 0.29) is 17.9 Å². The van der Waals surface area contributed by atoms with Gasteiger partial charge in [-0.15, -0.1) is 0 Å². The lowest BCUT2D eigenvalue weighted by molar-refractivity contribution is -0.124. The van der Waals surface area contributed by atoms with E-state index in [4.69, 9.17) is 5.11 Å². The molecule has 0 atom stereocenters. The van der Waals surface area contributed by atoms with Gasteiger partial charge in [0, 0.05) is 14.1 Å². The Hall–Kier alpha value is -2.74. The molecule has 0 aliphatic carbocycles. The Morgan fingerprint density at radius 3 is 2.40 bits per heavy atom. The van der Waals surface area contributed by atoms with Crippen molar-refractivity contribution in [3.8, 4) is 0 Å². The maximum absolute atomic E-state index is 13.9. The van der Waals surface area contributed by atoms with E-state index in [1.807, 2.05) is 13.8 Å². The highest BCUT2D eigenvalue weighted by atomic mass is 19.1. The number of carbonyl (C=O) groups is 2. The summed E-state index contributed by atoms with van der Waals surface area (Å²) in [6.45, 7) is 4.85. The minimum Gasteiger partial charge on any atom is -0.509 e. The number of aliphatic imine (C=N–C) groups is 1. The molecule has 0 aliphatic rings. The van der Waals surface area contributed by atoms with Crippen LogP contribution in [0.5, 0.6) is 0 Å². The summed E-state index contributed by atoms with van der Waals surface area (Å²) in [7, 11) is 2.83. The molecule has 0 bridgehead atoms. The van der Waals surface area contributed by atoms with Crippen LogP contribution in [0, 0.1) is 12.7 Å². The van der Waals surface area contributed by atoms with Crippen LogP contribution in [0.2, 0.25) is 0 Å². The van der Waals surface area contributed by atoms with Crippen molar-refractivity contribution in [3.05, 3.63) is 40.9 Å². The van der Waals surface area contributed by atoms with Crippen molar-refractivity contribution >= 4 is 23.8 Å². The first-order valence-corrected chi connectivity index (χ1v) is 7.61. The second kappa shape index (κ2) is 10.9. The maximum Gasteiger partial charge on any atom is 0.260 e. The van der Waals surface area contributed by atoms with Crippen LogP contribution >= 0.6 is 0 Å². The molecule has 0 radical (unpaired) electrons. The van der Waals surface area contributed by atoms with Crippen molar-refractivity contribution < 1.29 is 24.2 Å². The molecule has 2 amide bonds. The lowest BCUT2D eigenvalue weighted by Gasteiger charge is -2.16. The highest BCUT2D eigenvalue weighted by Crippen LogP contribution is 2.20. The van der Waals surface area contributed by atoms with Crippen molar-refractivity contribution in [2.45, 2.75) is 20.8 Å². The van der Waals surface area contributed by atoms with E-state index in [0.717, 1.165) is 4.90 Å². The number of rotatable bonds is 5. The highest BCUT2D eigenvalue weighted by Gasteiger charge is 2.23. The predicted molar refractivity (Wildman–Crippen MR) is 94.2 cm³/mol. The van der Waals surface area contributed by atoms with E-state index >= 15 is 0 Å². The Kier molecular flexibility index (Phi) is 9.73. The molecule has 7 nitrogen and oxygen atoms in total. The number of nitrogens with one attached hydrogen (secondary N) is 1. The van der Waals surface area contributed by atoms with E-state index in [9.17, 15) is 19.1 Å². The van der Waals surface area contributed by atoms with Crippen molar-refractivity contribution in [1.29, 1.82) is 0 Å². The molecular formula is C17H24FN3O4. The standard InChI is InChI=1S/C15H18FN3O4.C2H6/c1-9-4-5-11(10(16)6-9)18-14(17-8-21)13(12(22)7-20)15(23)19(2)3;1-2/h4-6,8,20,22H,7H2,1-3H3,(H,17,18,21);1-2H3/b13-12+;. The molecule has 25 heavy (non-hydrogen) atoms. The molecule has 8 heteroatoms. The Labute approximate surface area is 146 Å². The summed E-state index contributed by atoms with van der Waals surface area (Å²) in [6.07, 6.45) is 0.235. The second-order valence-electron chi connectivity index (χ2n) is 4.86.